The predicted molar refractivity (Wildman–Crippen MR) is 98.5 cm³/mol. The Labute approximate surface area is 149 Å². The van der Waals surface area contributed by atoms with Crippen molar-refractivity contribution in [1.29, 1.82) is 0 Å². The van der Waals surface area contributed by atoms with Crippen LogP contribution in [0.15, 0.2) is 36.4 Å². The van der Waals surface area contributed by atoms with Crippen LogP contribution < -0.4 is 14.8 Å². The standard InChI is InChI=1S/C21H25NO3/c1-14(16-9-8-15-6-4-5-7-17(15)12-16)22-21(23)18-10-11-19(24-2)20(13-18)25-3/h8-14H,4-7H2,1-3H3,(H,22,23). The number of nitrogens with one attached hydrogen (secondary N) is 1. The van der Waals surface area contributed by atoms with E-state index in [4.69, 9.17) is 9.47 Å². The molecule has 1 N–H and O–H groups in total. The van der Waals surface area contributed by atoms with Crippen molar-refractivity contribution in [2.45, 2.75) is 38.6 Å². The molecule has 0 bridgehead atoms. The van der Waals surface area contributed by atoms with Crippen LogP contribution in [-0.4, -0.2) is 20.1 Å². The highest BCUT2D eigenvalue weighted by molar-refractivity contribution is 5.95. The Kier molecular flexibility index (Phi) is 5.27. The van der Waals surface area contributed by atoms with Crippen LogP contribution in [0.3, 0.4) is 0 Å². The van der Waals surface area contributed by atoms with Crippen molar-refractivity contribution >= 4 is 5.91 Å². The zero-order chi connectivity index (χ0) is 17.8. The number of hydrogen-bond donors (Lipinski definition) is 1. The molecule has 1 atom stereocenters. The lowest BCUT2D eigenvalue weighted by molar-refractivity contribution is 0.0939. The van der Waals surface area contributed by atoms with Crippen LogP contribution in [0.1, 0.15) is 52.9 Å². The van der Waals surface area contributed by atoms with Gasteiger partial charge in [-0.3, -0.25) is 4.79 Å². The quantitative estimate of drug-likeness (QED) is 0.893. The van der Waals surface area contributed by atoms with Gasteiger partial charge in [-0.25, -0.2) is 0 Å². The first-order chi connectivity index (χ1) is 12.1. The monoisotopic (exact) mass is 339 g/mol. The van der Waals surface area contributed by atoms with Gasteiger partial charge < -0.3 is 14.8 Å². The average Bonchev–Trinajstić information content (AvgIpc) is 2.66. The number of rotatable bonds is 5. The fourth-order valence-corrected chi connectivity index (χ4v) is 3.36. The molecule has 2 aromatic rings. The fraction of sp³-hybridized carbons (Fsp3) is 0.381. The Bertz CT molecular complexity index is 770. The molecule has 0 fully saturated rings. The second-order valence-corrected chi connectivity index (χ2v) is 6.50. The average molecular weight is 339 g/mol. The van der Waals surface area contributed by atoms with Gasteiger partial charge in [-0.05, 0) is 67.5 Å². The summed E-state index contributed by atoms with van der Waals surface area (Å²) >= 11 is 0. The Hall–Kier alpha value is -2.49. The maximum absolute atomic E-state index is 12.6. The van der Waals surface area contributed by atoms with E-state index < -0.39 is 0 Å². The smallest absolute Gasteiger partial charge is 0.251 e. The molecule has 4 nitrogen and oxygen atoms in total. The maximum atomic E-state index is 12.6. The van der Waals surface area contributed by atoms with Gasteiger partial charge in [0.2, 0.25) is 0 Å². The summed E-state index contributed by atoms with van der Waals surface area (Å²) in [6.45, 7) is 2.02. The molecule has 0 radical (unpaired) electrons. The van der Waals surface area contributed by atoms with Crippen molar-refractivity contribution in [1.82, 2.24) is 5.32 Å². The van der Waals surface area contributed by atoms with E-state index in [9.17, 15) is 4.79 Å². The third kappa shape index (κ3) is 3.78. The highest BCUT2D eigenvalue weighted by Crippen LogP contribution is 2.28. The van der Waals surface area contributed by atoms with Crippen LogP contribution in [0.4, 0.5) is 0 Å². The van der Waals surface area contributed by atoms with E-state index in [0.717, 1.165) is 12.0 Å². The van der Waals surface area contributed by atoms with Gasteiger partial charge in [0, 0.05) is 5.56 Å². The van der Waals surface area contributed by atoms with Gasteiger partial charge in [0.25, 0.3) is 5.91 Å². The van der Waals surface area contributed by atoms with Crippen molar-refractivity contribution in [2.24, 2.45) is 0 Å². The van der Waals surface area contributed by atoms with Crippen molar-refractivity contribution in [3.05, 3.63) is 58.7 Å². The summed E-state index contributed by atoms with van der Waals surface area (Å²) in [7, 11) is 3.14. The zero-order valence-corrected chi connectivity index (χ0v) is 15.1. The lowest BCUT2D eigenvalue weighted by atomic mass is 9.89. The first-order valence-electron chi connectivity index (χ1n) is 8.77. The minimum absolute atomic E-state index is 0.0483. The van der Waals surface area contributed by atoms with Crippen molar-refractivity contribution < 1.29 is 14.3 Å². The van der Waals surface area contributed by atoms with E-state index in [0.29, 0.717) is 17.1 Å². The van der Waals surface area contributed by atoms with Gasteiger partial charge in [0.1, 0.15) is 0 Å². The molecule has 1 unspecified atom stereocenters. The van der Waals surface area contributed by atoms with E-state index in [1.54, 1.807) is 32.4 Å². The van der Waals surface area contributed by atoms with Gasteiger partial charge >= 0.3 is 0 Å². The molecule has 4 heteroatoms. The van der Waals surface area contributed by atoms with Crippen molar-refractivity contribution in [2.75, 3.05) is 14.2 Å². The second kappa shape index (κ2) is 7.60. The van der Waals surface area contributed by atoms with Crippen LogP contribution in [0.2, 0.25) is 0 Å². The van der Waals surface area contributed by atoms with E-state index in [2.05, 4.69) is 23.5 Å². The second-order valence-electron chi connectivity index (χ2n) is 6.50. The van der Waals surface area contributed by atoms with Gasteiger partial charge in [-0.1, -0.05) is 18.2 Å². The van der Waals surface area contributed by atoms with E-state index in [-0.39, 0.29) is 11.9 Å². The lowest BCUT2D eigenvalue weighted by Crippen LogP contribution is -2.26. The summed E-state index contributed by atoms with van der Waals surface area (Å²) < 4.78 is 10.5. The minimum Gasteiger partial charge on any atom is -0.493 e. The molecule has 0 aliphatic heterocycles. The molecule has 1 amide bonds. The van der Waals surface area contributed by atoms with Crippen LogP contribution in [0, 0.1) is 0 Å². The minimum atomic E-state index is -0.119. The van der Waals surface area contributed by atoms with Gasteiger partial charge in [-0.15, -0.1) is 0 Å². The van der Waals surface area contributed by atoms with Gasteiger partial charge in [0.15, 0.2) is 11.5 Å². The number of fused-ring (bicyclic) bond motifs is 1. The molecule has 1 aliphatic rings. The largest absolute Gasteiger partial charge is 0.493 e. The summed E-state index contributed by atoms with van der Waals surface area (Å²) in [6.07, 6.45) is 4.84. The van der Waals surface area contributed by atoms with Crippen molar-refractivity contribution in [3.63, 3.8) is 0 Å². The van der Waals surface area contributed by atoms with Crippen molar-refractivity contribution in [3.8, 4) is 11.5 Å². The molecular weight excluding hydrogens is 314 g/mol. The summed E-state index contributed by atoms with van der Waals surface area (Å²) in [6, 6.07) is 11.7. The molecule has 0 saturated carbocycles. The van der Waals surface area contributed by atoms with Crippen LogP contribution in [0.25, 0.3) is 0 Å². The number of methoxy groups -OCH3 is 2. The number of aryl methyl sites for hydroxylation is 2. The third-order valence-electron chi connectivity index (χ3n) is 4.87. The Morgan fingerprint density at radius 2 is 1.68 bits per heavy atom. The number of benzene rings is 2. The molecule has 0 spiro atoms. The third-order valence-corrected chi connectivity index (χ3v) is 4.87. The highest BCUT2D eigenvalue weighted by Gasteiger charge is 2.16. The number of carbonyl (C=O) groups excluding carboxylic acids is 1. The molecular formula is C21H25NO3. The number of amides is 1. The Morgan fingerprint density at radius 3 is 2.40 bits per heavy atom. The lowest BCUT2D eigenvalue weighted by Gasteiger charge is -2.20. The molecule has 2 aromatic carbocycles. The summed E-state index contributed by atoms with van der Waals surface area (Å²) in [5, 5.41) is 3.07. The molecule has 0 heterocycles. The van der Waals surface area contributed by atoms with Crippen LogP contribution >= 0.6 is 0 Å². The van der Waals surface area contributed by atoms with Gasteiger partial charge in [-0.2, -0.15) is 0 Å². The summed E-state index contributed by atoms with van der Waals surface area (Å²) in [5.74, 6) is 1.05. The summed E-state index contributed by atoms with van der Waals surface area (Å²) in [4.78, 5) is 12.6. The predicted octanol–water partition coefficient (Wildman–Crippen LogP) is 4.07. The zero-order valence-electron chi connectivity index (χ0n) is 15.1. The molecule has 25 heavy (non-hydrogen) atoms. The molecule has 0 aromatic heterocycles. The van der Waals surface area contributed by atoms with Crippen LogP contribution in [-0.2, 0) is 12.8 Å². The number of carbonyl (C=O) groups is 1. The summed E-state index contributed by atoms with van der Waals surface area (Å²) in [5.41, 5.74) is 4.58. The topological polar surface area (TPSA) is 47.6 Å². The normalized spacial score (nSPS) is 14.4. The van der Waals surface area contributed by atoms with E-state index in [1.165, 1.54) is 30.4 Å². The van der Waals surface area contributed by atoms with Gasteiger partial charge in [0.05, 0.1) is 20.3 Å². The first-order valence-corrected chi connectivity index (χ1v) is 8.77. The van der Waals surface area contributed by atoms with Crippen LogP contribution in [0.5, 0.6) is 11.5 Å². The number of ether oxygens (including phenoxy) is 2. The first kappa shape index (κ1) is 17.3. The molecule has 132 valence electrons. The Morgan fingerprint density at radius 1 is 0.960 bits per heavy atom. The maximum Gasteiger partial charge on any atom is 0.251 e. The number of hydrogen-bond acceptors (Lipinski definition) is 3. The molecule has 1 aliphatic carbocycles. The SMILES string of the molecule is COc1ccc(C(=O)NC(C)c2ccc3c(c2)CCCC3)cc1OC. The Balaban J connectivity index is 1.74. The fourth-order valence-electron chi connectivity index (χ4n) is 3.36. The van der Waals surface area contributed by atoms with E-state index >= 15 is 0 Å². The molecule has 0 saturated heterocycles. The molecule has 3 rings (SSSR count). The van der Waals surface area contributed by atoms with E-state index in [1.807, 2.05) is 6.92 Å². The highest BCUT2D eigenvalue weighted by atomic mass is 16.5.